The number of aryl methyl sites for hydroxylation is 2. The predicted molar refractivity (Wildman–Crippen MR) is 122 cm³/mol. The summed E-state index contributed by atoms with van der Waals surface area (Å²) in [6.45, 7) is 8.76. The van der Waals surface area contributed by atoms with E-state index < -0.39 is 11.8 Å². The first-order valence-electron chi connectivity index (χ1n) is 10.4. The topological polar surface area (TPSA) is 71.5 Å². The smallest absolute Gasteiger partial charge is 0.337 e. The number of hydrogen-bond acceptors (Lipinski definition) is 4. The van der Waals surface area contributed by atoms with Crippen molar-refractivity contribution in [1.82, 2.24) is 4.98 Å². The lowest BCUT2D eigenvalue weighted by Gasteiger charge is -2.22. The molecule has 31 heavy (non-hydrogen) atoms. The Hall–Kier alpha value is -2.99. The first-order chi connectivity index (χ1) is 14.7. The van der Waals surface area contributed by atoms with Crippen molar-refractivity contribution in [2.45, 2.75) is 46.1 Å². The van der Waals surface area contributed by atoms with Gasteiger partial charge in [0.15, 0.2) is 0 Å². The number of carboxylic acid groups (broad SMARTS) is 1. The second kappa shape index (κ2) is 9.43. The summed E-state index contributed by atoms with van der Waals surface area (Å²) >= 11 is 0. The van der Waals surface area contributed by atoms with Crippen LogP contribution in [0.25, 0.3) is 10.9 Å². The second-order valence-corrected chi connectivity index (χ2v) is 8.01. The van der Waals surface area contributed by atoms with Crippen molar-refractivity contribution in [3.05, 3.63) is 70.2 Å². The summed E-state index contributed by atoms with van der Waals surface area (Å²) in [5.74, 6) is -1.51. The van der Waals surface area contributed by atoms with Gasteiger partial charge in [0.2, 0.25) is 0 Å². The molecule has 0 aliphatic carbocycles. The van der Waals surface area contributed by atoms with E-state index in [-0.39, 0.29) is 17.5 Å². The van der Waals surface area contributed by atoms with Crippen molar-refractivity contribution in [2.24, 2.45) is 0 Å². The van der Waals surface area contributed by atoms with Gasteiger partial charge in [0, 0.05) is 35.8 Å². The van der Waals surface area contributed by atoms with E-state index in [1.807, 2.05) is 20.8 Å². The highest BCUT2D eigenvalue weighted by atomic mass is 19.1. The average molecular weight is 425 g/mol. The van der Waals surface area contributed by atoms with Gasteiger partial charge in [0.1, 0.15) is 5.82 Å². The maximum absolute atomic E-state index is 13.6. The van der Waals surface area contributed by atoms with Gasteiger partial charge >= 0.3 is 5.97 Å². The van der Waals surface area contributed by atoms with E-state index in [1.54, 1.807) is 7.11 Å². The standard InChI is InChI=1S/C25H29FN2O3/c1-6-17(13-31-5)19-12-21-20(9-14(2)10-24(21)28-15(19)3)16(4)27-23-8-7-18(26)11-22(23)25(29)30/h7-12,16-17,27H,6,13H2,1-5H3,(H,29,30). The maximum atomic E-state index is 13.6. The molecule has 0 amide bonds. The lowest BCUT2D eigenvalue weighted by Crippen LogP contribution is -2.13. The monoisotopic (exact) mass is 424 g/mol. The minimum atomic E-state index is -1.17. The van der Waals surface area contributed by atoms with Crippen LogP contribution in [0.5, 0.6) is 0 Å². The largest absolute Gasteiger partial charge is 0.478 e. The highest BCUT2D eigenvalue weighted by Crippen LogP contribution is 2.33. The molecule has 0 saturated carbocycles. The molecule has 5 nitrogen and oxygen atoms in total. The van der Waals surface area contributed by atoms with Crippen LogP contribution in [0.15, 0.2) is 36.4 Å². The zero-order valence-electron chi connectivity index (χ0n) is 18.6. The zero-order valence-corrected chi connectivity index (χ0v) is 18.6. The Morgan fingerprint density at radius 3 is 2.58 bits per heavy atom. The Labute approximate surface area is 182 Å². The van der Waals surface area contributed by atoms with Crippen LogP contribution < -0.4 is 5.32 Å². The number of nitrogens with one attached hydrogen (secondary N) is 1. The quantitative estimate of drug-likeness (QED) is 0.464. The molecule has 3 rings (SSSR count). The number of halogens is 1. The van der Waals surface area contributed by atoms with Crippen molar-refractivity contribution < 1.29 is 19.0 Å². The first-order valence-corrected chi connectivity index (χ1v) is 10.4. The fraction of sp³-hybridized carbons (Fsp3) is 0.360. The fourth-order valence-electron chi connectivity index (χ4n) is 4.09. The summed E-state index contributed by atoms with van der Waals surface area (Å²) in [6.07, 6.45) is 0.939. The second-order valence-electron chi connectivity index (χ2n) is 8.01. The van der Waals surface area contributed by atoms with Crippen molar-refractivity contribution >= 4 is 22.6 Å². The number of nitrogens with zero attached hydrogens (tertiary/aromatic N) is 1. The molecule has 1 heterocycles. The number of carboxylic acids is 1. The van der Waals surface area contributed by atoms with Crippen molar-refractivity contribution in [3.8, 4) is 0 Å². The van der Waals surface area contributed by atoms with Gasteiger partial charge in [0.25, 0.3) is 0 Å². The molecule has 1 aromatic heterocycles. The average Bonchev–Trinajstić information content (AvgIpc) is 2.72. The Bertz CT molecular complexity index is 1110. The van der Waals surface area contributed by atoms with E-state index in [9.17, 15) is 14.3 Å². The number of ether oxygens (including phenoxy) is 1. The third kappa shape index (κ3) is 4.85. The van der Waals surface area contributed by atoms with Crippen LogP contribution >= 0.6 is 0 Å². The van der Waals surface area contributed by atoms with Crippen molar-refractivity contribution in [2.75, 3.05) is 19.0 Å². The van der Waals surface area contributed by atoms with Gasteiger partial charge in [-0.25, -0.2) is 9.18 Å². The number of methoxy groups -OCH3 is 1. The summed E-state index contributed by atoms with van der Waals surface area (Å²) in [5, 5.41) is 13.7. The molecule has 164 valence electrons. The zero-order chi connectivity index (χ0) is 22.7. The van der Waals surface area contributed by atoms with E-state index in [4.69, 9.17) is 9.72 Å². The van der Waals surface area contributed by atoms with Crippen LogP contribution in [-0.4, -0.2) is 29.8 Å². The Morgan fingerprint density at radius 1 is 1.19 bits per heavy atom. The van der Waals surface area contributed by atoms with Crippen LogP contribution in [-0.2, 0) is 4.74 Å². The highest BCUT2D eigenvalue weighted by molar-refractivity contribution is 5.94. The Morgan fingerprint density at radius 2 is 1.94 bits per heavy atom. The molecule has 2 atom stereocenters. The minimum Gasteiger partial charge on any atom is -0.478 e. The molecule has 0 bridgehead atoms. The van der Waals surface area contributed by atoms with Gasteiger partial charge in [0.05, 0.1) is 17.7 Å². The summed E-state index contributed by atoms with van der Waals surface area (Å²) in [5.41, 5.74) is 5.40. The molecule has 2 unspecified atom stereocenters. The molecule has 0 aliphatic rings. The number of carbonyl (C=O) groups is 1. The van der Waals surface area contributed by atoms with Gasteiger partial charge in [-0.3, -0.25) is 4.98 Å². The summed E-state index contributed by atoms with van der Waals surface area (Å²) in [6, 6.07) is 9.86. The third-order valence-electron chi connectivity index (χ3n) is 5.69. The number of aromatic nitrogens is 1. The number of benzene rings is 2. The SMILES string of the molecule is CCC(COC)c1cc2c(C(C)Nc3ccc(F)cc3C(=O)O)cc(C)cc2nc1C. The number of pyridine rings is 1. The van der Waals surface area contributed by atoms with Crippen LogP contribution in [0, 0.1) is 19.7 Å². The molecule has 0 radical (unpaired) electrons. The molecule has 2 N–H and O–H groups in total. The maximum Gasteiger partial charge on any atom is 0.337 e. The number of rotatable bonds is 8. The van der Waals surface area contributed by atoms with E-state index in [0.29, 0.717) is 12.3 Å². The highest BCUT2D eigenvalue weighted by Gasteiger charge is 2.19. The minimum absolute atomic E-state index is 0.0930. The van der Waals surface area contributed by atoms with Crippen LogP contribution in [0.2, 0.25) is 0 Å². The first kappa shape index (κ1) is 22.7. The molecule has 6 heteroatoms. The van der Waals surface area contributed by atoms with Gasteiger partial charge in [-0.15, -0.1) is 0 Å². The van der Waals surface area contributed by atoms with Crippen LogP contribution in [0.4, 0.5) is 10.1 Å². The van der Waals surface area contributed by atoms with Crippen LogP contribution in [0.3, 0.4) is 0 Å². The van der Waals surface area contributed by atoms with Gasteiger partial charge < -0.3 is 15.2 Å². The normalized spacial score (nSPS) is 13.2. The van der Waals surface area contributed by atoms with E-state index >= 15 is 0 Å². The van der Waals surface area contributed by atoms with E-state index in [1.165, 1.54) is 12.1 Å². The van der Waals surface area contributed by atoms with E-state index in [0.717, 1.165) is 45.8 Å². The van der Waals surface area contributed by atoms with Crippen LogP contribution in [0.1, 0.15) is 65.0 Å². The number of anilines is 1. The lowest BCUT2D eigenvalue weighted by atomic mass is 9.91. The third-order valence-corrected chi connectivity index (χ3v) is 5.69. The van der Waals surface area contributed by atoms with Crippen molar-refractivity contribution in [3.63, 3.8) is 0 Å². The Balaban J connectivity index is 2.10. The predicted octanol–water partition coefficient (Wildman–Crippen LogP) is 6.00. The van der Waals surface area contributed by atoms with Crippen molar-refractivity contribution in [1.29, 1.82) is 0 Å². The van der Waals surface area contributed by atoms with Gasteiger partial charge in [-0.05, 0) is 74.2 Å². The van der Waals surface area contributed by atoms with Gasteiger partial charge in [-0.2, -0.15) is 0 Å². The molecule has 0 spiro atoms. The molecule has 2 aromatic carbocycles. The summed E-state index contributed by atoms with van der Waals surface area (Å²) < 4.78 is 19.0. The molecule has 0 saturated heterocycles. The Kier molecular flexibility index (Phi) is 6.91. The van der Waals surface area contributed by atoms with Gasteiger partial charge in [-0.1, -0.05) is 13.0 Å². The lowest BCUT2D eigenvalue weighted by molar-refractivity contribution is 0.0697. The number of fused-ring (bicyclic) bond motifs is 1. The molecule has 0 aliphatic heterocycles. The summed E-state index contributed by atoms with van der Waals surface area (Å²) in [7, 11) is 1.70. The molecule has 0 fully saturated rings. The number of aromatic carboxylic acids is 1. The summed E-state index contributed by atoms with van der Waals surface area (Å²) in [4.78, 5) is 16.4. The van der Waals surface area contributed by atoms with E-state index in [2.05, 4.69) is 30.4 Å². The molecular formula is C25H29FN2O3. The molecular weight excluding hydrogens is 395 g/mol. The number of hydrogen-bond donors (Lipinski definition) is 2. The molecule has 3 aromatic rings. The fourth-order valence-corrected chi connectivity index (χ4v) is 4.09.